The Kier molecular flexibility index (Phi) is 8.31. The van der Waals surface area contributed by atoms with Gasteiger partial charge in [0.15, 0.2) is 0 Å². The molecule has 4 aliphatic heterocycles. The molecule has 77 heavy (non-hydrogen) atoms. The molecule has 18 rings (SSSR count). The maximum atomic E-state index is 2.67. The summed E-state index contributed by atoms with van der Waals surface area (Å²) in [6.45, 7) is 0.0202. The second-order valence-electron chi connectivity index (χ2n) is 22.0. The van der Waals surface area contributed by atoms with Crippen molar-refractivity contribution < 1.29 is 0 Å². The fourth-order valence-electron chi connectivity index (χ4n) is 16.6. The summed E-state index contributed by atoms with van der Waals surface area (Å²) in [5, 5.41) is 0. The van der Waals surface area contributed by atoms with Crippen molar-refractivity contribution in [3.63, 3.8) is 0 Å². The van der Waals surface area contributed by atoms with E-state index in [1.54, 1.807) is 8.79 Å². The fraction of sp³-hybridized carbons (Fsp3) is 0.0270. The van der Waals surface area contributed by atoms with E-state index in [1.807, 2.05) is 0 Å². The van der Waals surface area contributed by atoms with Crippen molar-refractivity contribution >= 4 is 71.0 Å². The molecule has 0 unspecified atom stereocenters. The standard InChI is InChI=1S/C74H46BGeN/c1-3-23-47(24-4-1)49-31-19-32-50(48-25-5-2-6-26-48)72(49)77-67-45-17-15-41-63(67)76(64-42-16-18-46-68(64)77)65-43-21-39-61-70(65)75-69-59(73(61)55-33-11-7-27-51(55)52-28-8-12-34-56(52)73)37-20-38-60(69)74(62-40-22-44-66(76)71(62)75)57-35-13-9-29-53(57)54-30-10-14-36-58(54)74/h1-46H. The first-order chi connectivity index (χ1) is 38.3. The zero-order chi connectivity index (χ0) is 50.2. The molecule has 6 aliphatic rings. The molecule has 0 aromatic heterocycles. The first kappa shape index (κ1) is 42.3. The van der Waals surface area contributed by atoms with Crippen LogP contribution < -0.4 is 38.9 Å². The van der Waals surface area contributed by atoms with E-state index in [9.17, 15) is 0 Å². The Bertz CT molecular complexity index is 4180. The van der Waals surface area contributed by atoms with E-state index in [4.69, 9.17) is 0 Å². The molecule has 0 atom stereocenters. The van der Waals surface area contributed by atoms with Crippen LogP contribution in [0.1, 0.15) is 44.5 Å². The minimum absolute atomic E-state index is 0.0202. The summed E-state index contributed by atoms with van der Waals surface area (Å²) in [6.07, 6.45) is 0. The van der Waals surface area contributed by atoms with Crippen LogP contribution in [0, 0.1) is 0 Å². The second kappa shape index (κ2) is 15.1. The first-order valence-electron chi connectivity index (χ1n) is 27.3. The average Bonchev–Trinajstić information content (AvgIpc) is 3.14. The van der Waals surface area contributed by atoms with Crippen LogP contribution in [0.2, 0.25) is 0 Å². The summed E-state index contributed by atoms with van der Waals surface area (Å²) in [6, 6.07) is 109. The minimum atomic E-state index is -4.25. The van der Waals surface area contributed by atoms with Gasteiger partial charge in [0.2, 0.25) is 0 Å². The Morgan fingerprint density at radius 3 is 0.974 bits per heavy atom. The van der Waals surface area contributed by atoms with Gasteiger partial charge in [0.05, 0.1) is 0 Å². The molecule has 12 aromatic carbocycles. The van der Waals surface area contributed by atoms with E-state index in [2.05, 4.69) is 284 Å². The number of benzene rings is 12. The molecule has 2 aliphatic carbocycles. The van der Waals surface area contributed by atoms with E-state index in [0.29, 0.717) is 0 Å². The normalized spacial score (nSPS) is 15.5. The van der Waals surface area contributed by atoms with Gasteiger partial charge in [-0.1, -0.05) is 0 Å². The molecule has 0 radical (unpaired) electrons. The zero-order valence-electron chi connectivity index (χ0n) is 42.1. The van der Waals surface area contributed by atoms with Crippen LogP contribution >= 0.6 is 0 Å². The van der Waals surface area contributed by atoms with Gasteiger partial charge in [0.25, 0.3) is 0 Å². The number of para-hydroxylation sites is 3. The predicted molar refractivity (Wildman–Crippen MR) is 322 cm³/mol. The van der Waals surface area contributed by atoms with Crippen LogP contribution in [0.15, 0.2) is 279 Å². The molecule has 3 spiro atoms. The van der Waals surface area contributed by atoms with Gasteiger partial charge in [-0.05, 0) is 0 Å². The molecular weight excluding hydrogens is 986 g/mol. The topological polar surface area (TPSA) is 3.24 Å². The number of hydrogen-bond acceptors (Lipinski definition) is 1. The van der Waals surface area contributed by atoms with Crippen LogP contribution in [0.4, 0.5) is 17.1 Å². The summed E-state index contributed by atoms with van der Waals surface area (Å²) in [5.74, 6) is 0. The van der Waals surface area contributed by atoms with E-state index in [1.165, 1.54) is 131 Å². The predicted octanol–water partition coefficient (Wildman–Crippen LogP) is 12.4. The van der Waals surface area contributed by atoms with Crippen molar-refractivity contribution in [2.45, 2.75) is 10.8 Å². The molecule has 1 nitrogen and oxygen atoms in total. The molecule has 0 saturated heterocycles. The number of hydrogen-bond donors (Lipinski definition) is 0. The average molecular weight is 1030 g/mol. The molecule has 0 fully saturated rings. The summed E-state index contributed by atoms with van der Waals surface area (Å²) >= 11 is -4.25. The zero-order valence-corrected chi connectivity index (χ0v) is 44.2. The molecule has 0 saturated carbocycles. The third kappa shape index (κ3) is 4.88. The Morgan fingerprint density at radius 2 is 0.545 bits per heavy atom. The molecule has 12 aromatic rings. The van der Waals surface area contributed by atoms with Gasteiger partial charge in [0.1, 0.15) is 0 Å². The van der Waals surface area contributed by atoms with Crippen LogP contribution in [0.25, 0.3) is 44.5 Å². The third-order valence-corrected chi connectivity index (χ3v) is 29.4. The fourth-order valence-corrected chi connectivity index (χ4v) is 28.5. The molecule has 3 heteroatoms. The van der Waals surface area contributed by atoms with E-state index >= 15 is 0 Å². The van der Waals surface area contributed by atoms with Gasteiger partial charge >= 0.3 is 455 Å². The van der Waals surface area contributed by atoms with E-state index in [-0.39, 0.29) is 6.71 Å². The quantitative estimate of drug-likeness (QED) is 0.159. The molecule has 354 valence electrons. The summed E-state index contributed by atoms with van der Waals surface area (Å²) < 4.78 is 6.06. The van der Waals surface area contributed by atoms with Gasteiger partial charge in [-0.15, -0.1) is 0 Å². The van der Waals surface area contributed by atoms with Crippen molar-refractivity contribution in [3.8, 4) is 44.5 Å². The summed E-state index contributed by atoms with van der Waals surface area (Å²) in [4.78, 5) is 2.67. The van der Waals surface area contributed by atoms with Gasteiger partial charge in [-0.3, -0.25) is 0 Å². The van der Waals surface area contributed by atoms with Crippen LogP contribution in [-0.4, -0.2) is 20.0 Å². The Labute approximate surface area is 451 Å². The van der Waals surface area contributed by atoms with Crippen molar-refractivity contribution in [3.05, 3.63) is 324 Å². The van der Waals surface area contributed by atoms with Crippen molar-refractivity contribution in [1.82, 2.24) is 0 Å². The van der Waals surface area contributed by atoms with Gasteiger partial charge < -0.3 is 0 Å². The van der Waals surface area contributed by atoms with E-state index in [0.717, 1.165) is 0 Å². The van der Waals surface area contributed by atoms with Crippen LogP contribution in [0.3, 0.4) is 0 Å². The Hall–Kier alpha value is -8.95. The molecule has 0 amide bonds. The molecule has 4 heterocycles. The number of rotatable bonds is 3. The molecule has 0 N–H and O–H groups in total. The number of anilines is 3. The second-order valence-corrected chi connectivity index (χ2v) is 29.6. The summed E-state index contributed by atoms with van der Waals surface area (Å²) in [7, 11) is 0. The van der Waals surface area contributed by atoms with Crippen LogP contribution in [0.5, 0.6) is 0 Å². The first-order valence-corrected chi connectivity index (χ1v) is 31.5. The van der Waals surface area contributed by atoms with Crippen molar-refractivity contribution in [2.75, 3.05) is 4.90 Å². The van der Waals surface area contributed by atoms with Gasteiger partial charge in [-0.25, -0.2) is 0 Å². The molecular formula is C74H46BGeN. The van der Waals surface area contributed by atoms with Crippen molar-refractivity contribution in [1.29, 1.82) is 0 Å². The maximum absolute atomic E-state index is 4.25. The summed E-state index contributed by atoms with van der Waals surface area (Å²) in [5.41, 5.74) is 28.6. The van der Waals surface area contributed by atoms with Gasteiger partial charge in [0, 0.05) is 0 Å². The number of nitrogens with zero attached hydrogens (tertiary/aromatic N) is 1. The Balaban J connectivity index is 1.04. The van der Waals surface area contributed by atoms with Gasteiger partial charge in [-0.2, -0.15) is 0 Å². The van der Waals surface area contributed by atoms with E-state index < -0.39 is 24.1 Å². The SMILES string of the molecule is c1ccc(-c2cccc(-c3ccccc3)c2N2c3cccc[c]3[Ge]3([c]4ccccc42)[c]2cccc4c2B2c5c(cccc5C5(c6ccccc6-c6ccccc65)c5ccc[c]3c52)C42c3ccccc3-c3ccccc32)cc1. The van der Waals surface area contributed by atoms with Crippen molar-refractivity contribution in [2.24, 2.45) is 0 Å². The van der Waals surface area contributed by atoms with Crippen LogP contribution in [-0.2, 0) is 10.8 Å². The molecule has 0 bridgehead atoms. The number of fused-ring (bicyclic) bond motifs is 20. The third-order valence-electron chi connectivity index (χ3n) is 19.0. The Morgan fingerprint density at radius 1 is 0.247 bits per heavy atom. The monoisotopic (exact) mass is 1030 g/mol.